The third-order valence-electron chi connectivity index (χ3n) is 6.08. The molecule has 5 heterocycles. The Bertz CT molecular complexity index is 803. The molecule has 0 saturated carbocycles. The average molecular weight is 357 g/mol. The molecule has 8 nitrogen and oxygen atoms in total. The van der Waals surface area contributed by atoms with Crippen LogP contribution in [0.2, 0.25) is 0 Å². The fourth-order valence-electron chi connectivity index (χ4n) is 4.96. The smallest absolute Gasteiger partial charge is 0.230 e. The molecule has 1 aromatic heterocycles. The lowest BCUT2D eigenvalue weighted by molar-refractivity contribution is -0.137. The van der Waals surface area contributed by atoms with Crippen LogP contribution >= 0.6 is 0 Å². The monoisotopic (exact) mass is 357 g/mol. The molecule has 138 valence electrons. The van der Waals surface area contributed by atoms with Gasteiger partial charge in [0, 0.05) is 19.5 Å². The van der Waals surface area contributed by atoms with Gasteiger partial charge in [0.15, 0.2) is 5.82 Å². The number of ether oxygens (including phenoxy) is 1. The lowest BCUT2D eigenvalue weighted by atomic mass is 9.77. The number of hydrogen-bond donors (Lipinski definition) is 1. The third kappa shape index (κ3) is 2.11. The zero-order valence-electron chi connectivity index (χ0n) is 14.9. The van der Waals surface area contributed by atoms with Gasteiger partial charge in [0.1, 0.15) is 11.4 Å². The van der Waals surface area contributed by atoms with E-state index >= 15 is 0 Å². The van der Waals surface area contributed by atoms with Gasteiger partial charge < -0.3 is 19.5 Å². The Morgan fingerprint density at radius 1 is 1.46 bits per heavy atom. The second kappa shape index (κ2) is 5.64. The summed E-state index contributed by atoms with van der Waals surface area (Å²) in [7, 11) is 0. The molecule has 1 spiro atoms. The highest BCUT2D eigenvalue weighted by Gasteiger charge is 2.66. The number of amides is 2. The Morgan fingerprint density at radius 3 is 3.19 bits per heavy atom. The van der Waals surface area contributed by atoms with E-state index in [2.05, 4.69) is 20.1 Å². The van der Waals surface area contributed by atoms with Crippen LogP contribution in [0.4, 0.5) is 0 Å². The van der Waals surface area contributed by atoms with Crippen molar-refractivity contribution < 1.29 is 14.3 Å². The molecule has 2 fully saturated rings. The second-order valence-electron chi connectivity index (χ2n) is 7.67. The first-order chi connectivity index (χ1) is 12.6. The zero-order valence-corrected chi connectivity index (χ0v) is 14.9. The Hall–Kier alpha value is -2.22. The van der Waals surface area contributed by atoms with E-state index < -0.39 is 17.4 Å². The van der Waals surface area contributed by atoms with E-state index in [4.69, 9.17) is 4.74 Å². The fraction of sp³-hybridized carbons (Fsp3) is 0.667. The summed E-state index contributed by atoms with van der Waals surface area (Å²) in [4.78, 5) is 27.6. The van der Waals surface area contributed by atoms with Crippen LogP contribution < -0.4 is 5.32 Å². The van der Waals surface area contributed by atoms with Gasteiger partial charge in [-0.2, -0.15) is 0 Å². The van der Waals surface area contributed by atoms with Crippen molar-refractivity contribution in [1.82, 2.24) is 25.0 Å². The highest BCUT2D eigenvalue weighted by Crippen LogP contribution is 2.51. The largest absolute Gasteiger partial charge is 0.360 e. The maximum absolute atomic E-state index is 12.9. The molecule has 4 atom stereocenters. The number of nitrogens with zero attached hydrogens (tertiary/aromatic N) is 4. The van der Waals surface area contributed by atoms with E-state index in [0.717, 1.165) is 37.5 Å². The molecule has 1 N–H and O–H groups in total. The number of carbonyl (C=O) groups is 2. The molecule has 0 aromatic carbocycles. The second-order valence-corrected chi connectivity index (χ2v) is 7.67. The van der Waals surface area contributed by atoms with Crippen LogP contribution in [0.1, 0.15) is 31.4 Å². The van der Waals surface area contributed by atoms with E-state index in [0.29, 0.717) is 19.6 Å². The van der Waals surface area contributed by atoms with E-state index in [9.17, 15) is 9.59 Å². The Kier molecular flexibility index (Phi) is 3.47. The fourth-order valence-corrected chi connectivity index (χ4v) is 4.96. The molecule has 4 aliphatic rings. The van der Waals surface area contributed by atoms with Crippen LogP contribution in [0.25, 0.3) is 0 Å². The van der Waals surface area contributed by atoms with Gasteiger partial charge in [-0.3, -0.25) is 9.59 Å². The number of carbonyl (C=O) groups excluding carboxylic acids is 2. The highest BCUT2D eigenvalue weighted by molar-refractivity contribution is 5.93. The first kappa shape index (κ1) is 16.0. The van der Waals surface area contributed by atoms with Crippen molar-refractivity contribution in [1.29, 1.82) is 0 Å². The van der Waals surface area contributed by atoms with Crippen LogP contribution in [0, 0.1) is 11.8 Å². The van der Waals surface area contributed by atoms with Crippen molar-refractivity contribution in [3.8, 4) is 0 Å². The Balaban J connectivity index is 1.32. The summed E-state index contributed by atoms with van der Waals surface area (Å²) >= 11 is 0. The molecule has 8 heteroatoms. The number of aromatic nitrogens is 3. The minimum Gasteiger partial charge on any atom is -0.360 e. The molecule has 0 unspecified atom stereocenters. The molecule has 26 heavy (non-hydrogen) atoms. The number of fused-ring (bicyclic) bond motifs is 2. The van der Waals surface area contributed by atoms with Crippen molar-refractivity contribution in [2.75, 3.05) is 13.1 Å². The normalized spacial score (nSPS) is 33.8. The van der Waals surface area contributed by atoms with Gasteiger partial charge in [0.2, 0.25) is 11.8 Å². The molecule has 0 aliphatic carbocycles. The van der Waals surface area contributed by atoms with Crippen molar-refractivity contribution in [3.05, 3.63) is 23.8 Å². The molecule has 0 radical (unpaired) electrons. The number of aryl methyl sites for hydroxylation is 1. The molecule has 2 bridgehead atoms. The van der Waals surface area contributed by atoms with Crippen molar-refractivity contribution in [2.45, 2.75) is 51.0 Å². The molecule has 2 saturated heterocycles. The zero-order chi connectivity index (χ0) is 17.9. The molecule has 2 amide bonds. The van der Waals surface area contributed by atoms with Gasteiger partial charge >= 0.3 is 0 Å². The van der Waals surface area contributed by atoms with E-state index in [1.54, 1.807) is 0 Å². The third-order valence-corrected chi connectivity index (χ3v) is 6.08. The van der Waals surface area contributed by atoms with Crippen LogP contribution in [-0.4, -0.2) is 56.3 Å². The average Bonchev–Trinajstić information content (AvgIpc) is 3.39. The van der Waals surface area contributed by atoms with Gasteiger partial charge in [0.25, 0.3) is 0 Å². The summed E-state index contributed by atoms with van der Waals surface area (Å²) in [6.07, 6.45) is 6.54. The molecule has 1 aromatic rings. The predicted molar refractivity (Wildman–Crippen MR) is 90.8 cm³/mol. The molecular weight excluding hydrogens is 334 g/mol. The topological polar surface area (TPSA) is 89.3 Å². The van der Waals surface area contributed by atoms with Gasteiger partial charge in [-0.25, -0.2) is 0 Å². The highest BCUT2D eigenvalue weighted by atomic mass is 16.5. The van der Waals surface area contributed by atoms with Crippen LogP contribution in [0.5, 0.6) is 0 Å². The van der Waals surface area contributed by atoms with Gasteiger partial charge in [-0.15, -0.1) is 10.2 Å². The first-order valence-corrected chi connectivity index (χ1v) is 9.47. The number of hydrogen-bond acceptors (Lipinski definition) is 5. The number of likely N-dealkylation sites (tertiary alicyclic amines) is 1. The standard InChI is InChI=1S/C18H23N5O3/c1-2-7-22-10-18-6-5-11(26-18)14(15(18)17(22)25)16(24)19-9-13-21-20-12-4-3-8-23(12)13/h5-6,11,14-15H,2-4,7-10H2,1H3,(H,19,24)/t11-,14-,15+,18-/m0/s1. The number of rotatable bonds is 5. The van der Waals surface area contributed by atoms with E-state index in [1.807, 2.05) is 24.0 Å². The van der Waals surface area contributed by atoms with E-state index in [-0.39, 0.29) is 17.9 Å². The quantitative estimate of drug-likeness (QED) is 0.751. The summed E-state index contributed by atoms with van der Waals surface area (Å²) < 4.78 is 8.18. The number of nitrogens with one attached hydrogen (secondary N) is 1. The Morgan fingerprint density at radius 2 is 2.35 bits per heavy atom. The lowest BCUT2D eigenvalue weighted by Gasteiger charge is -2.23. The van der Waals surface area contributed by atoms with Crippen LogP contribution in [-0.2, 0) is 33.8 Å². The lowest BCUT2D eigenvalue weighted by Crippen LogP contribution is -2.44. The van der Waals surface area contributed by atoms with Gasteiger partial charge in [0.05, 0.1) is 31.0 Å². The van der Waals surface area contributed by atoms with Gasteiger partial charge in [-0.05, 0) is 12.8 Å². The molecular formula is C18H23N5O3. The maximum atomic E-state index is 12.9. The Labute approximate surface area is 151 Å². The van der Waals surface area contributed by atoms with Crippen LogP contribution in [0.3, 0.4) is 0 Å². The summed E-state index contributed by atoms with van der Waals surface area (Å²) in [6, 6.07) is 0. The van der Waals surface area contributed by atoms with Crippen molar-refractivity contribution >= 4 is 11.8 Å². The SMILES string of the molecule is CCCN1C[C@]23C=C[C@H](O2)[C@H](C(=O)NCc2nnc4n2CCC4)[C@@H]3C1=O. The summed E-state index contributed by atoms with van der Waals surface area (Å²) in [5.74, 6) is 0.810. The molecule has 4 aliphatic heterocycles. The summed E-state index contributed by atoms with van der Waals surface area (Å²) in [5, 5.41) is 11.3. The minimum absolute atomic E-state index is 0.0437. The molecule has 5 rings (SSSR count). The first-order valence-electron chi connectivity index (χ1n) is 9.47. The summed E-state index contributed by atoms with van der Waals surface area (Å²) in [6.45, 7) is 4.55. The van der Waals surface area contributed by atoms with Crippen molar-refractivity contribution in [2.24, 2.45) is 11.8 Å². The van der Waals surface area contributed by atoms with E-state index in [1.165, 1.54) is 0 Å². The summed E-state index contributed by atoms with van der Waals surface area (Å²) in [5.41, 5.74) is -0.616. The maximum Gasteiger partial charge on any atom is 0.230 e. The predicted octanol–water partition coefficient (Wildman–Crippen LogP) is 0.0325. The van der Waals surface area contributed by atoms with Gasteiger partial charge in [-0.1, -0.05) is 19.1 Å². The minimum atomic E-state index is -0.616. The van der Waals surface area contributed by atoms with Crippen molar-refractivity contribution in [3.63, 3.8) is 0 Å². The van der Waals surface area contributed by atoms with Crippen LogP contribution in [0.15, 0.2) is 12.2 Å².